The minimum absolute atomic E-state index is 0.0382. The van der Waals surface area contributed by atoms with Crippen LogP contribution in [-0.2, 0) is 56.4 Å². The number of ketones is 1. The van der Waals surface area contributed by atoms with Gasteiger partial charge in [-0.3, -0.25) is 48.6 Å². The van der Waals surface area contributed by atoms with E-state index in [1.54, 1.807) is 47.5 Å². The van der Waals surface area contributed by atoms with Crippen LogP contribution in [0.3, 0.4) is 0 Å². The Morgan fingerprint density at radius 2 is 1.06 bits per heavy atom. The van der Waals surface area contributed by atoms with Crippen LogP contribution < -0.4 is 50.0 Å². The molecule has 4 aliphatic heterocycles. The van der Waals surface area contributed by atoms with Crippen molar-refractivity contribution in [3.63, 3.8) is 0 Å². The van der Waals surface area contributed by atoms with Crippen LogP contribution in [-0.4, -0.2) is 99.6 Å². The van der Waals surface area contributed by atoms with Crippen LogP contribution in [0.4, 0.5) is 28.4 Å². The number of nitrogens with one attached hydrogen (secondary N) is 4. The number of para-hydroxylation sites is 1. The molecule has 19 heteroatoms. The predicted octanol–water partition coefficient (Wildman–Crippen LogP) is 9.56. The van der Waals surface area contributed by atoms with Gasteiger partial charge in [0, 0.05) is 67.3 Å². The van der Waals surface area contributed by atoms with Crippen molar-refractivity contribution in [1.29, 1.82) is 0 Å². The van der Waals surface area contributed by atoms with Crippen molar-refractivity contribution < 1.29 is 52.5 Å². The average molecular weight is 1140 g/mol. The lowest BCUT2D eigenvalue weighted by Gasteiger charge is -2.22. The molecule has 9 rings (SSSR count). The summed E-state index contributed by atoms with van der Waals surface area (Å²) in [5.41, 5.74) is 8.32. The second-order valence-corrected chi connectivity index (χ2v) is 21.7. The molecule has 6 amide bonds. The Morgan fingerprint density at radius 1 is 0.536 bits per heavy atom. The van der Waals surface area contributed by atoms with Crippen molar-refractivity contribution in [2.75, 3.05) is 49.0 Å². The largest absolute Gasteiger partial charge is 0.493 e. The number of ether oxygens (including phenoxy) is 4. The number of aryl methyl sites for hydroxylation is 1. The summed E-state index contributed by atoms with van der Waals surface area (Å²) in [5.74, 6) is -1.23. The van der Waals surface area contributed by atoms with Crippen LogP contribution in [0.2, 0.25) is 0 Å². The van der Waals surface area contributed by atoms with Gasteiger partial charge in [-0.1, -0.05) is 82.2 Å². The second kappa shape index (κ2) is 28.4. The molecule has 4 N–H and O–H groups in total. The third-order valence-corrected chi connectivity index (χ3v) is 15.4. The zero-order chi connectivity index (χ0) is 59.1. The first-order valence-electron chi connectivity index (χ1n) is 29.2. The third kappa shape index (κ3) is 15.0. The Hall–Kier alpha value is -8.87. The number of rotatable bonds is 29. The van der Waals surface area contributed by atoms with Gasteiger partial charge in [0.15, 0.2) is 23.0 Å². The van der Waals surface area contributed by atoms with Crippen molar-refractivity contribution in [3.05, 3.63) is 124 Å². The lowest BCUT2D eigenvalue weighted by atomic mass is 10.0. The normalized spacial score (nSPS) is 15.1. The number of unbranched alkanes of at least 4 members (excludes halogenated alkanes) is 8. The summed E-state index contributed by atoms with van der Waals surface area (Å²) in [5, 5.41) is 10.2. The molecule has 5 aromatic carbocycles. The van der Waals surface area contributed by atoms with Crippen molar-refractivity contribution in [1.82, 2.24) is 16.0 Å². The summed E-state index contributed by atoms with van der Waals surface area (Å²) < 4.78 is 24.5. The number of anilines is 3. The Kier molecular flexibility index (Phi) is 20.2. The quantitative estimate of drug-likeness (QED) is 0.0329. The van der Waals surface area contributed by atoms with Crippen LogP contribution in [0.1, 0.15) is 139 Å². The highest BCUT2D eigenvalue weighted by Crippen LogP contribution is 2.43. The summed E-state index contributed by atoms with van der Waals surface area (Å²) in [6.07, 6.45) is 17.6. The molecule has 0 aromatic heterocycles. The number of carbonyl (C=O) groups excluding carboxylic acids is 7. The van der Waals surface area contributed by atoms with E-state index >= 15 is 0 Å². The van der Waals surface area contributed by atoms with Gasteiger partial charge in [0.05, 0.1) is 68.4 Å². The average Bonchev–Trinajstić information content (AvgIpc) is 2.32. The molecule has 0 aliphatic carbocycles. The number of benzene rings is 5. The molecular formula is C65H74N8O11. The summed E-state index contributed by atoms with van der Waals surface area (Å²) in [4.78, 5) is 103. The highest BCUT2D eigenvalue weighted by molar-refractivity contribution is 6.16. The summed E-state index contributed by atoms with van der Waals surface area (Å²) in [7, 11) is 2.99. The summed E-state index contributed by atoms with van der Waals surface area (Å²) in [6, 6.07) is 25.6. The maximum atomic E-state index is 14.5. The molecule has 0 unspecified atom stereocenters. The number of carbonyl (C=O) groups is 7. The van der Waals surface area contributed by atoms with E-state index in [-0.39, 0.29) is 61.8 Å². The number of nitrogens with zero attached hydrogens (tertiary/aromatic N) is 4. The van der Waals surface area contributed by atoms with Crippen LogP contribution in [0, 0.1) is 0 Å². The topological polar surface area (TPSA) is 236 Å². The number of methoxy groups -OCH3 is 2. The van der Waals surface area contributed by atoms with Gasteiger partial charge in [0.2, 0.25) is 23.6 Å². The number of Topliss-reactive ketones (excluding diaryl/α,β-unsaturated/α-hetero) is 1. The highest BCUT2D eigenvalue weighted by atomic mass is 16.5. The van der Waals surface area contributed by atoms with Gasteiger partial charge in [0.25, 0.3) is 11.8 Å². The molecule has 0 radical (unpaired) electrons. The molecule has 4 heterocycles. The standard InChI is InChI=1S/C65H74N8O11/c1-5-6-7-8-9-10-11-12-18-42-22-23-55-46(25-42)29-49-35-67-53-33-59(57(82-4)31-51(53)65(80)73(49)55)84-40-44-24-43(26-47(27-44)71-63(78)38-70-62(77)37-69-61(76)36-68-60(75)21-16-13-17-41(2)74)39-83-58-32-52-50(30-56(58)81-3)64(79)72-48(34-66-52)28-45-19-14-15-20-54(45)72/h14-15,19-20,22-27,30-35,48-49H,5-13,16-18,21,28-29,36-40H2,1-4H3,(H,68,75)(H,69,76)(H,70,77)(H,71,78)/t48-,49-/m0/s1. The van der Waals surface area contributed by atoms with Gasteiger partial charge >= 0.3 is 0 Å². The van der Waals surface area contributed by atoms with E-state index in [0.717, 1.165) is 35.3 Å². The summed E-state index contributed by atoms with van der Waals surface area (Å²) >= 11 is 0. The molecule has 19 nitrogen and oxygen atoms in total. The van der Waals surface area contributed by atoms with Gasteiger partial charge in [-0.05, 0) is 103 Å². The Bertz CT molecular complexity index is 3360. The maximum absolute atomic E-state index is 14.5. The molecule has 0 saturated heterocycles. The molecule has 5 aromatic rings. The number of hydrogen-bond donors (Lipinski definition) is 4. The van der Waals surface area contributed by atoms with Crippen molar-refractivity contribution >= 4 is 82.1 Å². The fourth-order valence-corrected chi connectivity index (χ4v) is 11.1. The minimum atomic E-state index is -0.639. The van der Waals surface area contributed by atoms with Gasteiger partial charge in [-0.15, -0.1) is 0 Å². The molecule has 0 fully saturated rings. The lowest BCUT2D eigenvalue weighted by Crippen LogP contribution is -2.43. The van der Waals surface area contributed by atoms with E-state index in [1.807, 2.05) is 41.4 Å². The van der Waals surface area contributed by atoms with Gasteiger partial charge in [-0.25, -0.2) is 0 Å². The predicted molar refractivity (Wildman–Crippen MR) is 322 cm³/mol. The maximum Gasteiger partial charge on any atom is 0.261 e. The highest BCUT2D eigenvalue weighted by Gasteiger charge is 2.38. The smallest absolute Gasteiger partial charge is 0.261 e. The van der Waals surface area contributed by atoms with Crippen LogP contribution in [0.5, 0.6) is 23.0 Å². The zero-order valence-electron chi connectivity index (χ0n) is 48.3. The number of fused-ring (bicyclic) bond motifs is 8. The molecule has 440 valence electrons. The van der Waals surface area contributed by atoms with Gasteiger partial charge in [0.1, 0.15) is 19.0 Å². The zero-order valence-corrected chi connectivity index (χ0v) is 48.3. The third-order valence-electron chi connectivity index (χ3n) is 15.4. The monoisotopic (exact) mass is 1140 g/mol. The van der Waals surface area contributed by atoms with Gasteiger partial charge in [-0.2, -0.15) is 0 Å². The van der Waals surface area contributed by atoms with Crippen LogP contribution in [0.25, 0.3) is 0 Å². The second-order valence-electron chi connectivity index (χ2n) is 21.7. The van der Waals surface area contributed by atoms with E-state index < -0.39 is 30.8 Å². The first-order chi connectivity index (χ1) is 40.8. The molecule has 0 saturated carbocycles. The van der Waals surface area contributed by atoms with E-state index in [0.29, 0.717) is 94.4 Å². The number of aliphatic imine (C=N–C) groups is 2. The minimum Gasteiger partial charge on any atom is -0.493 e. The molecule has 0 spiro atoms. The van der Waals surface area contributed by atoms with Gasteiger partial charge < -0.3 is 45.0 Å². The molecular weight excluding hydrogens is 1070 g/mol. The summed E-state index contributed by atoms with van der Waals surface area (Å²) in [6.45, 7) is 2.43. The number of amides is 6. The van der Waals surface area contributed by atoms with Crippen molar-refractivity contribution in [2.45, 2.75) is 135 Å². The van der Waals surface area contributed by atoms with E-state index in [2.05, 4.69) is 46.4 Å². The molecule has 4 aliphatic rings. The lowest BCUT2D eigenvalue weighted by molar-refractivity contribution is -0.128. The molecule has 84 heavy (non-hydrogen) atoms. The van der Waals surface area contributed by atoms with Crippen molar-refractivity contribution in [2.24, 2.45) is 9.98 Å². The van der Waals surface area contributed by atoms with Crippen LogP contribution >= 0.6 is 0 Å². The van der Waals surface area contributed by atoms with Crippen LogP contribution in [0.15, 0.2) is 94.9 Å². The van der Waals surface area contributed by atoms with E-state index in [4.69, 9.17) is 28.9 Å². The SMILES string of the molecule is CCCCCCCCCCc1ccc2c(c1)C[C@H]1C=Nc3cc(OCc4cc(COc5cc6c(cc5OC)C(=O)N5c7ccccc7C[C@H]5C=N6)cc(NC(=O)CNC(=O)CNC(=O)CNC(=O)CCCCC(C)=O)c4)c(OC)cc3C(=O)N21. The molecule has 2 atom stereocenters. The molecule has 0 bridgehead atoms. The first-order valence-corrected chi connectivity index (χ1v) is 29.2. The van der Waals surface area contributed by atoms with Crippen molar-refractivity contribution in [3.8, 4) is 23.0 Å². The fraction of sp³-hybridized carbons (Fsp3) is 0.400. The Balaban J connectivity index is 0.873. The Morgan fingerprint density at radius 3 is 1.64 bits per heavy atom. The Labute approximate surface area is 490 Å². The first kappa shape index (κ1) is 59.7. The van der Waals surface area contributed by atoms with E-state index in [1.165, 1.54) is 71.7 Å². The number of hydrogen-bond acceptors (Lipinski definition) is 13. The fourth-order valence-electron chi connectivity index (χ4n) is 11.1. The van der Waals surface area contributed by atoms with E-state index in [9.17, 15) is 33.6 Å².